The van der Waals surface area contributed by atoms with Crippen LogP contribution in [0.3, 0.4) is 0 Å². The topological polar surface area (TPSA) is 59.1 Å². The number of rotatable bonds is 6. The van der Waals surface area contributed by atoms with Gasteiger partial charge in [0.15, 0.2) is 0 Å². The molecule has 0 aliphatic rings. The first-order valence-electron chi connectivity index (χ1n) is 5.62. The van der Waals surface area contributed by atoms with E-state index in [1.165, 1.54) is 0 Å². The lowest BCUT2D eigenvalue weighted by atomic mass is 10.1. The van der Waals surface area contributed by atoms with Gasteiger partial charge in [0, 0.05) is 23.6 Å². The average molecular weight is 240 g/mol. The van der Waals surface area contributed by atoms with Gasteiger partial charge in [0.2, 0.25) is 0 Å². The molecule has 0 radical (unpaired) electrons. The number of hydrogen-bond donors (Lipinski definition) is 2. The van der Waals surface area contributed by atoms with Gasteiger partial charge in [-0.15, -0.1) is 0 Å². The number of anilines is 1. The lowest BCUT2D eigenvalue weighted by Crippen LogP contribution is -2.16. The molecule has 0 saturated heterocycles. The van der Waals surface area contributed by atoms with E-state index in [1.54, 1.807) is 18.0 Å². The fraction of sp³-hybridized carbons (Fsp3) is 0.583. The standard InChI is InChI=1S/C12H20N2OS/c1-3-9(2)16-8-11(15)7-10-5-4-6-14-12(10)13/h4-6,9,11,15H,3,7-8H2,1-2H3,(H2,13,14). The largest absolute Gasteiger partial charge is 0.392 e. The highest BCUT2D eigenvalue weighted by molar-refractivity contribution is 7.99. The molecule has 1 rings (SSSR count). The third-order valence-electron chi connectivity index (χ3n) is 2.53. The highest BCUT2D eigenvalue weighted by Crippen LogP contribution is 2.17. The van der Waals surface area contributed by atoms with Crippen molar-refractivity contribution in [2.24, 2.45) is 0 Å². The van der Waals surface area contributed by atoms with E-state index >= 15 is 0 Å². The predicted molar refractivity (Wildman–Crippen MR) is 70.6 cm³/mol. The molecule has 0 aliphatic carbocycles. The van der Waals surface area contributed by atoms with Crippen LogP contribution >= 0.6 is 11.8 Å². The van der Waals surface area contributed by atoms with Crippen LogP contribution in [0.15, 0.2) is 18.3 Å². The molecule has 0 amide bonds. The van der Waals surface area contributed by atoms with E-state index in [2.05, 4.69) is 18.8 Å². The van der Waals surface area contributed by atoms with E-state index in [1.807, 2.05) is 12.1 Å². The molecule has 0 fully saturated rings. The second-order valence-corrected chi connectivity index (χ2v) is 5.43. The fourth-order valence-corrected chi connectivity index (χ4v) is 2.23. The van der Waals surface area contributed by atoms with Crippen molar-refractivity contribution in [1.82, 2.24) is 4.98 Å². The van der Waals surface area contributed by atoms with Crippen LogP contribution in [0, 0.1) is 0 Å². The van der Waals surface area contributed by atoms with Gasteiger partial charge in [0.05, 0.1) is 6.10 Å². The summed E-state index contributed by atoms with van der Waals surface area (Å²) in [6.45, 7) is 4.33. The molecule has 0 aromatic carbocycles. The Morgan fingerprint density at radius 3 is 2.94 bits per heavy atom. The first-order valence-corrected chi connectivity index (χ1v) is 6.67. The van der Waals surface area contributed by atoms with Gasteiger partial charge in [-0.2, -0.15) is 11.8 Å². The second-order valence-electron chi connectivity index (χ2n) is 3.96. The molecule has 0 bridgehead atoms. The van der Waals surface area contributed by atoms with Crippen molar-refractivity contribution >= 4 is 17.6 Å². The van der Waals surface area contributed by atoms with E-state index < -0.39 is 0 Å². The maximum Gasteiger partial charge on any atom is 0.126 e. The molecule has 2 atom stereocenters. The Labute approximate surface area is 101 Å². The maximum atomic E-state index is 9.87. The van der Waals surface area contributed by atoms with Crippen LogP contribution in [0.4, 0.5) is 5.82 Å². The number of nitrogens with zero attached hydrogens (tertiary/aromatic N) is 1. The van der Waals surface area contributed by atoms with Crippen molar-refractivity contribution in [3.63, 3.8) is 0 Å². The number of aliphatic hydroxyl groups is 1. The Balaban J connectivity index is 2.40. The number of hydrogen-bond acceptors (Lipinski definition) is 4. The average Bonchev–Trinajstić information content (AvgIpc) is 2.29. The van der Waals surface area contributed by atoms with Crippen molar-refractivity contribution in [3.05, 3.63) is 23.9 Å². The van der Waals surface area contributed by atoms with E-state index in [0.29, 0.717) is 17.5 Å². The summed E-state index contributed by atoms with van der Waals surface area (Å²) in [5.74, 6) is 1.28. The van der Waals surface area contributed by atoms with Gasteiger partial charge < -0.3 is 10.8 Å². The quantitative estimate of drug-likeness (QED) is 0.799. The van der Waals surface area contributed by atoms with Crippen LogP contribution in [0.2, 0.25) is 0 Å². The van der Waals surface area contributed by atoms with E-state index in [9.17, 15) is 5.11 Å². The molecular formula is C12H20N2OS. The third-order valence-corrected chi connectivity index (χ3v) is 4.01. The van der Waals surface area contributed by atoms with Gasteiger partial charge in [-0.25, -0.2) is 4.98 Å². The van der Waals surface area contributed by atoms with Crippen LogP contribution in [0.25, 0.3) is 0 Å². The SMILES string of the molecule is CCC(C)SCC(O)Cc1cccnc1N. The zero-order chi connectivity index (χ0) is 12.0. The molecule has 4 heteroatoms. The molecule has 1 aromatic heterocycles. The number of nitrogen functional groups attached to an aromatic ring is 1. The van der Waals surface area contributed by atoms with Crippen LogP contribution in [-0.2, 0) is 6.42 Å². The van der Waals surface area contributed by atoms with E-state index in [-0.39, 0.29) is 6.10 Å². The summed E-state index contributed by atoms with van der Waals surface area (Å²) < 4.78 is 0. The van der Waals surface area contributed by atoms with Crippen molar-refractivity contribution in [2.45, 2.75) is 38.0 Å². The minimum absolute atomic E-state index is 0.342. The number of nitrogens with two attached hydrogens (primary N) is 1. The summed E-state index contributed by atoms with van der Waals surface area (Å²) in [4.78, 5) is 4.00. The maximum absolute atomic E-state index is 9.87. The van der Waals surface area contributed by atoms with Crippen molar-refractivity contribution < 1.29 is 5.11 Å². The van der Waals surface area contributed by atoms with Gasteiger partial charge in [-0.3, -0.25) is 0 Å². The molecule has 3 nitrogen and oxygen atoms in total. The molecule has 0 aliphatic heterocycles. The van der Waals surface area contributed by atoms with Gasteiger partial charge in [0.1, 0.15) is 5.82 Å². The van der Waals surface area contributed by atoms with E-state index in [0.717, 1.165) is 17.7 Å². The summed E-state index contributed by atoms with van der Waals surface area (Å²) in [6.07, 6.45) is 3.04. The predicted octanol–water partition coefficient (Wildman–Crippen LogP) is 2.10. The Kier molecular flexibility index (Phi) is 5.63. The molecule has 2 unspecified atom stereocenters. The van der Waals surface area contributed by atoms with Crippen LogP contribution < -0.4 is 5.73 Å². The van der Waals surface area contributed by atoms with Crippen LogP contribution in [0.5, 0.6) is 0 Å². The Hall–Kier alpha value is -0.740. The first-order chi connectivity index (χ1) is 7.63. The normalized spacial score (nSPS) is 14.7. The van der Waals surface area contributed by atoms with Crippen molar-refractivity contribution in [1.29, 1.82) is 0 Å². The summed E-state index contributed by atoms with van der Waals surface area (Å²) in [5.41, 5.74) is 6.65. The summed E-state index contributed by atoms with van der Waals surface area (Å²) in [5, 5.41) is 10.5. The number of thioether (sulfide) groups is 1. The van der Waals surface area contributed by atoms with Crippen LogP contribution in [-0.4, -0.2) is 27.2 Å². The smallest absolute Gasteiger partial charge is 0.126 e. The minimum atomic E-state index is -0.342. The molecule has 16 heavy (non-hydrogen) atoms. The highest BCUT2D eigenvalue weighted by atomic mass is 32.2. The van der Waals surface area contributed by atoms with Gasteiger partial charge in [-0.1, -0.05) is 19.9 Å². The van der Waals surface area contributed by atoms with Gasteiger partial charge in [0.25, 0.3) is 0 Å². The van der Waals surface area contributed by atoms with Crippen LogP contribution in [0.1, 0.15) is 25.8 Å². The molecule has 0 spiro atoms. The molecule has 3 N–H and O–H groups in total. The Bertz CT molecular complexity index is 320. The zero-order valence-electron chi connectivity index (χ0n) is 9.89. The lowest BCUT2D eigenvalue weighted by Gasteiger charge is -2.14. The van der Waals surface area contributed by atoms with Crippen molar-refractivity contribution in [3.8, 4) is 0 Å². The minimum Gasteiger partial charge on any atom is -0.392 e. The molecule has 1 aromatic rings. The Morgan fingerprint density at radius 2 is 2.31 bits per heavy atom. The summed E-state index contributed by atoms with van der Waals surface area (Å²) in [7, 11) is 0. The first kappa shape index (κ1) is 13.3. The van der Waals surface area contributed by atoms with Gasteiger partial charge in [-0.05, 0) is 18.1 Å². The zero-order valence-corrected chi connectivity index (χ0v) is 10.7. The molecule has 0 saturated carbocycles. The number of aromatic nitrogens is 1. The summed E-state index contributed by atoms with van der Waals surface area (Å²) >= 11 is 1.80. The molecular weight excluding hydrogens is 220 g/mol. The third kappa shape index (κ3) is 4.41. The second kappa shape index (κ2) is 6.76. The molecule has 1 heterocycles. The Morgan fingerprint density at radius 1 is 1.56 bits per heavy atom. The highest BCUT2D eigenvalue weighted by Gasteiger charge is 2.10. The summed E-state index contributed by atoms with van der Waals surface area (Å²) in [6, 6.07) is 3.76. The molecule has 90 valence electrons. The van der Waals surface area contributed by atoms with Crippen molar-refractivity contribution in [2.75, 3.05) is 11.5 Å². The number of pyridine rings is 1. The monoisotopic (exact) mass is 240 g/mol. The lowest BCUT2D eigenvalue weighted by molar-refractivity contribution is 0.200. The van der Waals surface area contributed by atoms with E-state index in [4.69, 9.17) is 5.73 Å². The number of aliphatic hydroxyl groups excluding tert-OH is 1. The fourth-order valence-electron chi connectivity index (χ4n) is 1.33. The van der Waals surface area contributed by atoms with Gasteiger partial charge >= 0.3 is 0 Å².